The minimum absolute atomic E-state index is 0.0369. The lowest BCUT2D eigenvalue weighted by Gasteiger charge is -2.17. The molecule has 5 heteroatoms. The summed E-state index contributed by atoms with van der Waals surface area (Å²) < 4.78 is 0. The lowest BCUT2D eigenvalue weighted by atomic mass is 10.1. The van der Waals surface area contributed by atoms with Crippen LogP contribution < -0.4 is 10.6 Å². The average Bonchev–Trinajstić information content (AvgIpc) is 2.57. The highest BCUT2D eigenvalue weighted by atomic mass is 16.2. The van der Waals surface area contributed by atoms with Crippen LogP contribution >= 0.6 is 0 Å². The Kier molecular flexibility index (Phi) is 6.92. The number of benzene rings is 2. The molecule has 0 unspecified atom stereocenters. The number of aryl methyl sites for hydroxylation is 3. The quantitative estimate of drug-likeness (QED) is 0.805. The second kappa shape index (κ2) is 9.15. The van der Waals surface area contributed by atoms with Crippen LogP contribution in [0.15, 0.2) is 42.5 Å². The molecule has 0 spiro atoms. The van der Waals surface area contributed by atoms with Crippen molar-refractivity contribution in [2.45, 2.75) is 27.3 Å². The molecule has 2 rings (SSSR count). The van der Waals surface area contributed by atoms with E-state index in [1.54, 1.807) is 0 Å². The smallest absolute Gasteiger partial charge is 0.243 e. The van der Waals surface area contributed by atoms with Crippen molar-refractivity contribution in [2.75, 3.05) is 25.5 Å². The number of carbonyl (C=O) groups is 2. The number of carbonyl (C=O) groups excluding carboxylic acids is 2. The van der Waals surface area contributed by atoms with E-state index >= 15 is 0 Å². The van der Waals surface area contributed by atoms with Gasteiger partial charge in [0.25, 0.3) is 0 Å². The molecule has 0 aliphatic carbocycles. The summed E-state index contributed by atoms with van der Waals surface area (Å²) >= 11 is 0. The van der Waals surface area contributed by atoms with Crippen LogP contribution in [0.2, 0.25) is 0 Å². The van der Waals surface area contributed by atoms with Crippen molar-refractivity contribution in [1.29, 1.82) is 0 Å². The first-order valence-corrected chi connectivity index (χ1v) is 8.72. The van der Waals surface area contributed by atoms with Crippen LogP contribution in [0, 0.1) is 20.8 Å². The third-order valence-electron chi connectivity index (χ3n) is 4.10. The highest BCUT2D eigenvalue weighted by molar-refractivity contribution is 5.96. The number of amides is 2. The van der Waals surface area contributed by atoms with Crippen LogP contribution in [0.1, 0.15) is 22.3 Å². The van der Waals surface area contributed by atoms with Crippen molar-refractivity contribution in [1.82, 2.24) is 10.2 Å². The molecule has 0 saturated heterocycles. The molecule has 0 radical (unpaired) electrons. The van der Waals surface area contributed by atoms with Gasteiger partial charge in [-0.05, 0) is 44.5 Å². The maximum Gasteiger partial charge on any atom is 0.243 e. The molecule has 0 fully saturated rings. The Hall–Kier alpha value is -2.66. The normalized spacial score (nSPS) is 10.7. The third-order valence-corrected chi connectivity index (χ3v) is 4.10. The summed E-state index contributed by atoms with van der Waals surface area (Å²) in [6, 6.07) is 14.0. The first kappa shape index (κ1) is 19.7. The predicted molar refractivity (Wildman–Crippen MR) is 105 cm³/mol. The Morgan fingerprint density at radius 1 is 0.962 bits per heavy atom. The van der Waals surface area contributed by atoms with Gasteiger partial charge in [0.2, 0.25) is 11.8 Å². The van der Waals surface area contributed by atoms with Crippen LogP contribution in [0.5, 0.6) is 0 Å². The number of rotatable bonds is 7. The van der Waals surface area contributed by atoms with Gasteiger partial charge in [-0.2, -0.15) is 0 Å². The van der Waals surface area contributed by atoms with Crippen LogP contribution in [-0.2, 0) is 16.1 Å². The second-order valence-corrected chi connectivity index (χ2v) is 6.76. The molecule has 0 saturated carbocycles. The Bertz CT molecular complexity index is 749. The summed E-state index contributed by atoms with van der Waals surface area (Å²) in [6.07, 6.45) is 0. The van der Waals surface area contributed by atoms with Gasteiger partial charge >= 0.3 is 0 Å². The van der Waals surface area contributed by atoms with E-state index in [-0.39, 0.29) is 24.9 Å². The molecule has 138 valence electrons. The van der Waals surface area contributed by atoms with Gasteiger partial charge in [-0.25, -0.2) is 0 Å². The van der Waals surface area contributed by atoms with Gasteiger partial charge in [0.1, 0.15) is 0 Å². The fraction of sp³-hybridized carbons (Fsp3) is 0.333. The Balaban J connectivity index is 1.79. The summed E-state index contributed by atoms with van der Waals surface area (Å²) in [7, 11) is 1.88. The van der Waals surface area contributed by atoms with Gasteiger partial charge < -0.3 is 10.6 Å². The molecule has 2 amide bonds. The number of hydrogen-bond acceptors (Lipinski definition) is 3. The van der Waals surface area contributed by atoms with E-state index in [0.717, 1.165) is 27.9 Å². The zero-order chi connectivity index (χ0) is 19.1. The summed E-state index contributed by atoms with van der Waals surface area (Å²) in [5, 5.41) is 5.56. The average molecular weight is 353 g/mol. The fourth-order valence-electron chi connectivity index (χ4n) is 2.99. The second-order valence-electron chi connectivity index (χ2n) is 6.76. The zero-order valence-electron chi connectivity index (χ0n) is 15.9. The molecule has 0 aliphatic heterocycles. The Morgan fingerprint density at radius 3 is 2.19 bits per heavy atom. The molecular formula is C21H27N3O2. The van der Waals surface area contributed by atoms with Gasteiger partial charge in [0.15, 0.2) is 0 Å². The maximum absolute atomic E-state index is 12.1. The molecule has 0 atom stereocenters. The minimum Gasteiger partial charge on any atom is -0.346 e. The van der Waals surface area contributed by atoms with Gasteiger partial charge in [-0.3, -0.25) is 14.5 Å². The molecular weight excluding hydrogens is 326 g/mol. The zero-order valence-corrected chi connectivity index (χ0v) is 15.9. The van der Waals surface area contributed by atoms with Gasteiger partial charge in [-0.1, -0.05) is 48.0 Å². The van der Waals surface area contributed by atoms with Crippen molar-refractivity contribution in [3.8, 4) is 0 Å². The standard InChI is InChI=1S/C21H27N3O2/c1-15-10-16(2)21(17(3)11-15)23-19(25)12-22-20(26)14-24(4)13-18-8-6-5-7-9-18/h5-11H,12-14H2,1-4H3,(H,22,26)(H,23,25). The molecule has 2 N–H and O–H groups in total. The fourth-order valence-corrected chi connectivity index (χ4v) is 2.99. The predicted octanol–water partition coefficient (Wildman–Crippen LogP) is 2.80. The highest BCUT2D eigenvalue weighted by Crippen LogP contribution is 2.21. The van der Waals surface area contributed by atoms with Crippen molar-refractivity contribution < 1.29 is 9.59 Å². The summed E-state index contributed by atoms with van der Waals surface area (Å²) in [6.45, 7) is 6.84. The maximum atomic E-state index is 12.1. The van der Waals surface area contributed by atoms with E-state index in [9.17, 15) is 9.59 Å². The van der Waals surface area contributed by atoms with Gasteiger partial charge in [-0.15, -0.1) is 0 Å². The van der Waals surface area contributed by atoms with Gasteiger partial charge in [0.05, 0.1) is 13.1 Å². The van der Waals surface area contributed by atoms with Crippen LogP contribution in [0.4, 0.5) is 5.69 Å². The molecule has 0 aliphatic rings. The Morgan fingerprint density at radius 2 is 1.58 bits per heavy atom. The number of likely N-dealkylation sites (N-methyl/N-ethyl adjacent to an activating group) is 1. The van der Waals surface area contributed by atoms with E-state index in [4.69, 9.17) is 0 Å². The summed E-state index contributed by atoms with van der Waals surface area (Å²) in [5.74, 6) is -0.393. The molecule has 2 aromatic rings. The van der Waals surface area contributed by atoms with Crippen molar-refractivity contribution in [3.05, 3.63) is 64.7 Å². The SMILES string of the molecule is Cc1cc(C)c(NC(=O)CNC(=O)CN(C)Cc2ccccc2)c(C)c1. The Labute approximate surface area is 155 Å². The molecule has 5 nitrogen and oxygen atoms in total. The molecule has 0 bridgehead atoms. The van der Waals surface area contributed by atoms with Gasteiger partial charge in [0, 0.05) is 12.2 Å². The lowest BCUT2D eigenvalue weighted by Crippen LogP contribution is -2.39. The monoisotopic (exact) mass is 353 g/mol. The van der Waals surface area contributed by atoms with Crippen molar-refractivity contribution >= 4 is 17.5 Å². The van der Waals surface area contributed by atoms with E-state index in [1.165, 1.54) is 0 Å². The van der Waals surface area contributed by atoms with E-state index in [0.29, 0.717) is 6.54 Å². The van der Waals surface area contributed by atoms with Crippen LogP contribution in [0.3, 0.4) is 0 Å². The first-order valence-electron chi connectivity index (χ1n) is 8.72. The van der Waals surface area contributed by atoms with Crippen LogP contribution in [-0.4, -0.2) is 36.9 Å². The van der Waals surface area contributed by atoms with Crippen LogP contribution in [0.25, 0.3) is 0 Å². The molecule has 26 heavy (non-hydrogen) atoms. The summed E-state index contributed by atoms with van der Waals surface area (Å²) in [5.41, 5.74) is 5.16. The molecule has 0 heterocycles. The minimum atomic E-state index is -0.223. The number of anilines is 1. The lowest BCUT2D eigenvalue weighted by molar-refractivity contribution is -0.124. The largest absolute Gasteiger partial charge is 0.346 e. The number of nitrogens with one attached hydrogen (secondary N) is 2. The van der Waals surface area contributed by atoms with Crippen molar-refractivity contribution in [3.63, 3.8) is 0 Å². The number of hydrogen-bond donors (Lipinski definition) is 2. The first-order chi connectivity index (χ1) is 12.3. The third kappa shape index (κ3) is 6.01. The summed E-state index contributed by atoms with van der Waals surface area (Å²) in [4.78, 5) is 26.1. The number of nitrogens with zero attached hydrogens (tertiary/aromatic N) is 1. The van der Waals surface area contributed by atoms with E-state index < -0.39 is 0 Å². The van der Waals surface area contributed by atoms with E-state index in [2.05, 4.69) is 10.6 Å². The molecule has 0 aromatic heterocycles. The topological polar surface area (TPSA) is 61.4 Å². The van der Waals surface area contributed by atoms with Crippen molar-refractivity contribution in [2.24, 2.45) is 0 Å². The highest BCUT2D eigenvalue weighted by Gasteiger charge is 2.11. The van der Waals surface area contributed by atoms with E-state index in [1.807, 2.05) is 75.2 Å². The molecule has 2 aromatic carbocycles.